The lowest BCUT2D eigenvalue weighted by molar-refractivity contribution is -0.192. The molecular formula is C34H52N2O8S. The minimum Gasteiger partial charge on any atom is -0.457 e. The zero-order valence-electron chi connectivity index (χ0n) is 28.6. The van der Waals surface area contributed by atoms with Gasteiger partial charge in [0.2, 0.25) is 5.91 Å². The predicted molar refractivity (Wildman–Crippen MR) is 174 cm³/mol. The highest BCUT2D eigenvalue weighted by Crippen LogP contribution is 2.38. The van der Waals surface area contributed by atoms with Crippen LogP contribution in [0.25, 0.3) is 0 Å². The fourth-order valence-electron chi connectivity index (χ4n) is 4.60. The van der Waals surface area contributed by atoms with Crippen molar-refractivity contribution in [2.24, 2.45) is 23.7 Å². The number of thioether (sulfide) groups is 1. The summed E-state index contributed by atoms with van der Waals surface area (Å²) in [5.74, 6) is -3.88. The summed E-state index contributed by atoms with van der Waals surface area (Å²) >= 11 is 1.23. The molecule has 5 atom stereocenters. The quantitative estimate of drug-likeness (QED) is 0.239. The second-order valence-electron chi connectivity index (χ2n) is 13.9. The van der Waals surface area contributed by atoms with Gasteiger partial charge in [-0.2, -0.15) is 0 Å². The molecule has 1 unspecified atom stereocenters. The molecule has 0 bridgehead atoms. The molecule has 1 aromatic carbocycles. The minimum atomic E-state index is -1.25. The van der Waals surface area contributed by atoms with Crippen LogP contribution in [0.2, 0.25) is 0 Å². The van der Waals surface area contributed by atoms with E-state index in [1.807, 2.05) is 34.6 Å². The van der Waals surface area contributed by atoms with Crippen LogP contribution < -0.4 is 5.32 Å². The van der Waals surface area contributed by atoms with E-state index in [0.717, 1.165) is 0 Å². The van der Waals surface area contributed by atoms with Crippen LogP contribution in [0.5, 0.6) is 0 Å². The van der Waals surface area contributed by atoms with Crippen molar-refractivity contribution in [1.82, 2.24) is 10.2 Å². The fourth-order valence-corrected chi connectivity index (χ4v) is 6.05. The molecule has 1 fully saturated rings. The van der Waals surface area contributed by atoms with Crippen molar-refractivity contribution in [3.63, 3.8) is 0 Å². The molecule has 252 valence electrons. The lowest BCUT2D eigenvalue weighted by Crippen LogP contribution is -2.64. The summed E-state index contributed by atoms with van der Waals surface area (Å²) in [6.07, 6.45) is -3.14. The maximum Gasteiger partial charge on any atom is 0.308 e. The zero-order valence-corrected chi connectivity index (χ0v) is 29.4. The Morgan fingerprint density at radius 2 is 1.29 bits per heavy atom. The number of ether oxygens (including phenoxy) is 3. The van der Waals surface area contributed by atoms with E-state index >= 15 is 0 Å². The number of hydrogen-bond acceptors (Lipinski definition) is 9. The number of nitrogens with one attached hydrogen (secondary N) is 1. The molecule has 2 amide bonds. The summed E-state index contributed by atoms with van der Waals surface area (Å²) in [6, 6.07) is 7.61. The lowest BCUT2D eigenvalue weighted by Gasteiger charge is -2.47. The summed E-state index contributed by atoms with van der Waals surface area (Å²) in [4.78, 5) is 69.0. The molecule has 1 aromatic rings. The standard InChI is InChI=1S/C34H52N2O8S/c1-19(2)17-24(28(37)35-34(9,10)11)36(29(38)23-15-13-12-14-16-23)30-27(44-33(41)22(7)8)26(43-32(40)21(5)6)25(18-45-30)42-31(39)20(3)4/h12-16,19-22,24-27,30H,17-18H2,1-11H3,(H,35,37)/t24?,25-,26+,27-,30-/m1/s1. The van der Waals surface area contributed by atoms with E-state index in [9.17, 15) is 24.0 Å². The molecule has 1 heterocycles. The number of rotatable bonds is 12. The van der Waals surface area contributed by atoms with Gasteiger partial charge in [0.25, 0.3) is 5.91 Å². The highest BCUT2D eigenvalue weighted by molar-refractivity contribution is 8.00. The number of benzene rings is 1. The molecule has 45 heavy (non-hydrogen) atoms. The van der Waals surface area contributed by atoms with Gasteiger partial charge in [0.15, 0.2) is 18.3 Å². The highest BCUT2D eigenvalue weighted by atomic mass is 32.2. The van der Waals surface area contributed by atoms with E-state index in [-0.39, 0.29) is 17.6 Å². The molecule has 2 rings (SSSR count). The molecule has 0 radical (unpaired) electrons. The molecule has 1 saturated heterocycles. The third-order valence-corrected chi connectivity index (χ3v) is 8.31. The van der Waals surface area contributed by atoms with Crippen LogP contribution in [0, 0.1) is 23.7 Å². The predicted octanol–water partition coefficient (Wildman–Crippen LogP) is 5.23. The second kappa shape index (κ2) is 16.5. The van der Waals surface area contributed by atoms with Crippen molar-refractivity contribution in [3.8, 4) is 0 Å². The average molecular weight is 649 g/mol. The maximum atomic E-state index is 14.5. The van der Waals surface area contributed by atoms with Gasteiger partial charge in [-0.3, -0.25) is 24.0 Å². The molecule has 1 aliphatic heterocycles. The SMILES string of the molecule is CC(C)CC(C(=O)NC(C)(C)C)N(C(=O)c1ccccc1)[C@@H]1SC[C@@H](OC(=O)C(C)C)[C@H](OC(=O)C(C)C)[C@H]1OC(=O)C(C)C. The average Bonchev–Trinajstić information content (AvgIpc) is 2.93. The Kier molecular flexibility index (Phi) is 13.9. The summed E-state index contributed by atoms with van der Waals surface area (Å²) in [6.45, 7) is 19.6. The topological polar surface area (TPSA) is 128 Å². The highest BCUT2D eigenvalue weighted by Gasteiger charge is 2.52. The summed E-state index contributed by atoms with van der Waals surface area (Å²) < 4.78 is 17.9. The molecule has 1 aliphatic rings. The first-order valence-corrected chi connectivity index (χ1v) is 16.8. The Morgan fingerprint density at radius 3 is 1.76 bits per heavy atom. The van der Waals surface area contributed by atoms with E-state index in [1.165, 1.54) is 16.7 Å². The first-order chi connectivity index (χ1) is 20.8. The molecule has 11 heteroatoms. The Bertz CT molecular complexity index is 1180. The first-order valence-electron chi connectivity index (χ1n) is 15.8. The van der Waals surface area contributed by atoms with Gasteiger partial charge >= 0.3 is 17.9 Å². The van der Waals surface area contributed by atoms with Crippen molar-refractivity contribution >= 4 is 41.5 Å². The van der Waals surface area contributed by atoms with Gasteiger partial charge in [0.05, 0.1) is 17.8 Å². The molecule has 0 spiro atoms. The number of hydrogen-bond donors (Lipinski definition) is 1. The van der Waals surface area contributed by atoms with Gasteiger partial charge in [-0.05, 0) is 45.2 Å². The van der Waals surface area contributed by atoms with Crippen molar-refractivity contribution < 1.29 is 38.2 Å². The van der Waals surface area contributed by atoms with Gasteiger partial charge in [0, 0.05) is 16.9 Å². The summed E-state index contributed by atoms with van der Waals surface area (Å²) in [5, 5.41) is 2.06. The van der Waals surface area contributed by atoms with E-state index in [4.69, 9.17) is 14.2 Å². The number of esters is 3. The molecule has 10 nitrogen and oxygen atoms in total. The van der Waals surface area contributed by atoms with Gasteiger partial charge < -0.3 is 24.4 Å². The Hall–Kier alpha value is -3.08. The van der Waals surface area contributed by atoms with Crippen LogP contribution in [-0.2, 0) is 33.4 Å². The monoisotopic (exact) mass is 648 g/mol. The summed E-state index contributed by atoms with van der Waals surface area (Å²) in [5.41, 5.74) is -0.254. The van der Waals surface area contributed by atoms with Crippen LogP contribution in [0.3, 0.4) is 0 Å². The zero-order chi connectivity index (χ0) is 34.2. The normalized spacial score (nSPS) is 21.0. The summed E-state index contributed by atoms with van der Waals surface area (Å²) in [7, 11) is 0. The number of nitrogens with zero attached hydrogens (tertiary/aromatic N) is 1. The van der Waals surface area contributed by atoms with Crippen LogP contribution in [0.15, 0.2) is 30.3 Å². The van der Waals surface area contributed by atoms with E-state index in [1.54, 1.807) is 71.9 Å². The molecule has 1 N–H and O–H groups in total. The third kappa shape index (κ3) is 11.0. The van der Waals surface area contributed by atoms with Gasteiger partial charge in [-0.25, -0.2) is 0 Å². The van der Waals surface area contributed by atoms with Crippen LogP contribution in [0.1, 0.15) is 92.9 Å². The van der Waals surface area contributed by atoms with Crippen LogP contribution in [0.4, 0.5) is 0 Å². The van der Waals surface area contributed by atoms with Gasteiger partial charge in [0.1, 0.15) is 11.4 Å². The van der Waals surface area contributed by atoms with Crippen molar-refractivity contribution in [3.05, 3.63) is 35.9 Å². The number of carbonyl (C=O) groups excluding carboxylic acids is 5. The van der Waals surface area contributed by atoms with E-state index in [2.05, 4.69) is 5.32 Å². The van der Waals surface area contributed by atoms with E-state index < -0.39 is 76.8 Å². The van der Waals surface area contributed by atoms with Crippen molar-refractivity contribution in [2.45, 2.75) is 118 Å². The fraction of sp³-hybridized carbons (Fsp3) is 0.676. The Morgan fingerprint density at radius 1 is 0.800 bits per heavy atom. The molecule has 0 aromatic heterocycles. The van der Waals surface area contributed by atoms with Crippen molar-refractivity contribution in [2.75, 3.05) is 5.75 Å². The first kappa shape index (κ1) is 38.1. The minimum absolute atomic E-state index is 0.00589. The van der Waals surface area contributed by atoms with Crippen molar-refractivity contribution in [1.29, 1.82) is 0 Å². The molecule has 0 aliphatic carbocycles. The molecular weight excluding hydrogens is 596 g/mol. The Labute approximate surface area is 272 Å². The van der Waals surface area contributed by atoms with E-state index in [0.29, 0.717) is 12.0 Å². The third-order valence-electron chi connectivity index (χ3n) is 6.95. The van der Waals surface area contributed by atoms with Crippen LogP contribution in [-0.4, -0.2) is 75.6 Å². The van der Waals surface area contributed by atoms with Gasteiger partial charge in [-0.15, -0.1) is 11.8 Å². The lowest BCUT2D eigenvalue weighted by atomic mass is 9.97. The maximum absolute atomic E-state index is 14.5. The van der Waals surface area contributed by atoms with Gasteiger partial charge in [-0.1, -0.05) is 73.6 Å². The Balaban J connectivity index is 2.82. The number of amides is 2. The molecule has 0 saturated carbocycles. The van der Waals surface area contributed by atoms with Crippen LogP contribution >= 0.6 is 11.8 Å². The number of carbonyl (C=O) groups is 5. The second-order valence-corrected chi connectivity index (χ2v) is 15.1. The smallest absolute Gasteiger partial charge is 0.308 e. The largest absolute Gasteiger partial charge is 0.457 e.